The lowest BCUT2D eigenvalue weighted by Crippen LogP contribution is -2.44. The highest BCUT2D eigenvalue weighted by Crippen LogP contribution is 2.36. The standard InChI is InChI=1S/C17H26N4S/c1-12(2)5-7-22-10-13-8-14(9-13)21(3)17-15-4-6-18-16(15)19-11-20-17/h4,6,11-14H,5,7-10H2,1-3H3,(H,18,19,20)/t13-,14+. The summed E-state index contributed by atoms with van der Waals surface area (Å²) in [7, 11) is 2.17. The molecule has 0 unspecified atom stereocenters. The molecule has 0 spiro atoms. The second kappa shape index (κ2) is 6.90. The molecule has 1 aliphatic carbocycles. The van der Waals surface area contributed by atoms with Crippen molar-refractivity contribution < 1.29 is 0 Å². The molecule has 4 nitrogen and oxygen atoms in total. The van der Waals surface area contributed by atoms with Crippen LogP contribution in [0, 0.1) is 11.8 Å². The Balaban J connectivity index is 1.49. The van der Waals surface area contributed by atoms with Gasteiger partial charge >= 0.3 is 0 Å². The number of anilines is 1. The van der Waals surface area contributed by atoms with Gasteiger partial charge in [-0.3, -0.25) is 0 Å². The van der Waals surface area contributed by atoms with E-state index in [1.807, 2.05) is 6.20 Å². The molecule has 0 aliphatic heterocycles. The van der Waals surface area contributed by atoms with E-state index in [1.165, 1.54) is 30.8 Å². The van der Waals surface area contributed by atoms with Gasteiger partial charge < -0.3 is 9.88 Å². The maximum atomic E-state index is 4.49. The summed E-state index contributed by atoms with van der Waals surface area (Å²) in [6.45, 7) is 4.61. The number of hydrogen-bond acceptors (Lipinski definition) is 4. The van der Waals surface area contributed by atoms with Gasteiger partial charge in [0, 0.05) is 19.3 Å². The molecule has 2 aromatic rings. The smallest absolute Gasteiger partial charge is 0.142 e. The summed E-state index contributed by atoms with van der Waals surface area (Å²) in [6.07, 6.45) is 7.52. The highest BCUT2D eigenvalue weighted by molar-refractivity contribution is 7.99. The van der Waals surface area contributed by atoms with E-state index in [-0.39, 0.29) is 0 Å². The third-order valence-electron chi connectivity index (χ3n) is 4.62. The molecule has 0 atom stereocenters. The third kappa shape index (κ3) is 3.40. The average molecular weight is 318 g/mol. The average Bonchev–Trinajstić information content (AvgIpc) is 2.92. The molecule has 1 N–H and O–H groups in total. The van der Waals surface area contributed by atoms with Gasteiger partial charge in [0.15, 0.2) is 0 Å². The van der Waals surface area contributed by atoms with Crippen LogP contribution in [0.3, 0.4) is 0 Å². The van der Waals surface area contributed by atoms with E-state index in [9.17, 15) is 0 Å². The Morgan fingerprint density at radius 3 is 2.95 bits per heavy atom. The van der Waals surface area contributed by atoms with E-state index < -0.39 is 0 Å². The molecule has 3 rings (SSSR count). The van der Waals surface area contributed by atoms with Gasteiger partial charge in [0.2, 0.25) is 0 Å². The van der Waals surface area contributed by atoms with E-state index in [4.69, 9.17) is 0 Å². The highest BCUT2D eigenvalue weighted by atomic mass is 32.2. The monoisotopic (exact) mass is 318 g/mol. The number of aromatic amines is 1. The van der Waals surface area contributed by atoms with Gasteiger partial charge in [-0.05, 0) is 48.7 Å². The molecule has 5 heteroatoms. The molecule has 0 amide bonds. The third-order valence-corrected chi connectivity index (χ3v) is 5.85. The van der Waals surface area contributed by atoms with Gasteiger partial charge in [-0.15, -0.1) is 0 Å². The Kier molecular flexibility index (Phi) is 4.91. The fraction of sp³-hybridized carbons (Fsp3) is 0.647. The Labute approximate surface area is 137 Å². The van der Waals surface area contributed by atoms with Gasteiger partial charge in [-0.2, -0.15) is 11.8 Å². The summed E-state index contributed by atoms with van der Waals surface area (Å²) >= 11 is 2.13. The highest BCUT2D eigenvalue weighted by Gasteiger charge is 2.33. The van der Waals surface area contributed by atoms with Crippen LogP contribution < -0.4 is 4.90 Å². The van der Waals surface area contributed by atoms with Crippen molar-refractivity contribution >= 4 is 28.6 Å². The predicted molar refractivity (Wildman–Crippen MR) is 95.6 cm³/mol. The first kappa shape index (κ1) is 15.7. The summed E-state index contributed by atoms with van der Waals surface area (Å²) in [4.78, 5) is 14.3. The SMILES string of the molecule is CC(C)CCSC[C@H]1C[C@@H](N(C)c2ncnc3[nH]ccc23)C1. The van der Waals surface area contributed by atoms with Crippen molar-refractivity contribution in [3.63, 3.8) is 0 Å². The van der Waals surface area contributed by atoms with Crippen molar-refractivity contribution in [2.45, 2.75) is 39.2 Å². The molecule has 0 radical (unpaired) electrons. The van der Waals surface area contributed by atoms with Crippen LogP contribution in [-0.2, 0) is 0 Å². The van der Waals surface area contributed by atoms with Crippen LogP contribution in [0.5, 0.6) is 0 Å². The largest absolute Gasteiger partial charge is 0.356 e. The van der Waals surface area contributed by atoms with E-state index in [1.54, 1.807) is 6.33 Å². The number of nitrogens with zero attached hydrogens (tertiary/aromatic N) is 3. The van der Waals surface area contributed by atoms with E-state index >= 15 is 0 Å². The predicted octanol–water partition coefficient (Wildman–Crippen LogP) is 3.95. The normalized spacial score (nSPS) is 21.3. The zero-order valence-corrected chi connectivity index (χ0v) is 14.6. The fourth-order valence-electron chi connectivity index (χ4n) is 3.03. The van der Waals surface area contributed by atoms with Gasteiger partial charge in [0.1, 0.15) is 17.8 Å². The molecule has 1 fully saturated rings. The van der Waals surface area contributed by atoms with E-state index in [0.717, 1.165) is 28.7 Å². The second-order valence-corrected chi connectivity index (χ2v) is 7.95. The van der Waals surface area contributed by atoms with Crippen LogP contribution in [0.4, 0.5) is 5.82 Å². The number of nitrogens with one attached hydrogen (secondary N) is 1. The van der Waals surface area contributed by atoms with E-state index in [0.29, 0.717) is 6.04 Å². The van der Waals surface area contributed by atoms with Crippen LogP contribution >= 0.6 is 11.8 Å². The molecule has 2 heterocycles. The number of thioether (sulfide) groups is 1. The number of rotatable bonds is 7. The second-order valence-electron chi connectivity index (χ2n) is 6.80. The van der Waals surface area contributed by atoms with Crippen LogP contribution in [0.15, 0.2) is 18.6 Å². The summed E-state index contributed by atoms with van der Waals surface area (Å²) in [5, 5.41) is 1.12. The molecule has 1 aliphatic rings. The number of fused-ring (bicyclic) bond motifs is 1. The van der Waals surface area contributed by atoms with Crippen molar-refractivity contribution in [2.75, 3.05) is 23.5 Å². The summed E-state index contributed by atoms with van der Waals surface area (Å²) in [5.41, 5.74) is 0.928. The minimum absolute atomic E-state index is 0.628. The van der Waals surface area contributed by atoms with Gasteiger partial charge in [0.25, 0.3) is 0 Å². The first-order valence-corrected chi connectivity index (χ1v) is 9.39. The Morgan fingerprint density at radius 2 is 2.18 bits per heavy atom. The van der Waals surface area contributed by atoms with Crippen molar-refractivity contribution in [1.82, 2.24) is 15.0 Å². The van der Waals surface area contributed by atoms with Crippen molar-refractivity contribution in [2.24, 2.45) is 11.8 Å². The van der Waals surface area contributed by atoms with Gasteiger partial charge in [-0.1, -0.05) is 13.8 Å². The maximum absolute atomic E-state index is 4.49. The first-order valence-electron chi connectivity index (χ1n) is 8.23. The van der Waals surface area contributed by atoms with Crippen LogP contribution in [-0.4, -0.2) is 39.5 Å². The fourth-order valence-corrected chi connectivity index (χ4v) is 4.44. The lowest BCUT2D eigenvalue weighted by Gasteiger charge is -2.41. The lowest BCUT2D eigenvalue weighted by molar-refractivity contribution is 0.286. The Morgan fingerprint density at radius 1 is 1.36 bits per heavy atom. The summed E-state index contributed by atoms with van der Waals surface area (Å²) in [6, 6.07) is 2.70. The molecule has 22 heavy (non-hydrogen) atoms. The minimum atomic E-state index is 0.628. The number of H-pyrrole nitrogens is 1. The molecular weight excluding hydrogens is 292 g/mol. The topological polar surface area (TPSA) is 44.8 Å². The zero-order chi connectivity index (χ0) is 15.5. The Bertz CT molecular complexity index is 603. The lowest BCUT2D eigenvalue weighted by atomic mass is 9.81. The van der Waals surface area contributed by atoms with Gasteiger partial charge in [-0.25, -0.2) is 9.97 Å². The molecule has 1 saturated carbocycles. The van der Waals surface area contributed by atoms with Crippen LogP contribution in [0.1, 0.15) is 33.1 Å². The van der Waals surface area contributed by atoms with Crippen molar-refractivity contribution in [1.29, 1.82) is 0 Å². The van der Waals surface area contributed by atoms with Gasteiger partial charge in [0.05, 0.1) is 5.39 Å². The molecule has 0 saturated heterocycles. The van der Waals surface area contributed by atoms with Crippen LogP contribution in [0.2, 0.25) is 0 Å². The zero-order valence-electron chi connectivity index (χ0n) is 13.7. The van der Waals surface area contributed by atoms with Crippen molar-refractivity contribution in [3.8, 4) is 0 Å². The number of aromatic nitrogens is 3. The minimum Gasteiger partial charge on any atom is -0.356 e. The quantitative estimate of drug-likeness (QED) is 0.785. The molecule has 2 aromatic heterocycles. The van der Waals surface area contributed by atoms with Crippen LogP contribution in [0.25, 0.3) is 11.0 Å². The molecule has 120 valence electrons. The molecule has 0 bridgehead atoms. The summed E-state index contributed by atoms with van der Waals surface area (Å²) < 4.78 is 0. The Hall–Kier alpha value is -1.23. The first-order chi connectivity index (χ1) is 10.6. The molecule has 0 aromatic carbocycles. The van der Waals surface area contributed by atoms with E-state index in [2.05, 4.69) is 58.6 Å². The van der Waals surface area contributed by atoms with Crippen molar-refractivity contribution in [3.05, 3.63) is 18.6 Å². The molecular formula is C17H26N4S. The maximum Gasteiger partial charge on any atom is 0.142 e. The summed E-state index contributed by atoms with van der Waals surface area (Å²) in [5.74, 6) is 5.40. The number of hydrogen-bond donors (Lipinski definition) is 1.